The first kappa shape index (κ1) is 17.4. The summed E-state index contributed by atoms with van der Waals surface area (Å²) in [6.45, 7) is 2.16. The molecular weight excluding hydrogens is 326 g/mol. The summed E-state index contributed by atoms with van der Waals surface area (Å²) in [5.74, 6) is -0.470. The third-order valence-corrected chi connectivity index (χ3v) is 3.51. The summed E-state index contributed by atoms with van der Waals surface area (Å²) in [7, 11) is 0. The Balaban J connectivity index is 2.01. The van der Waals surface area contributed by atoms with Gasteiger partial charge in [-0.2, -0.15) is 5.26 Å². The predicted molar refractivity (Wildman–Crippen MR) is 93.5 cm³/mol. The largest absolute Gasteiger partial charge is 0.506 e. The number of nitrogens with one attached hydrogen (secondary N) is 2. The van der Waals surface area contributed by atoms with Gasteiger partial charge in [0.05, 0.1) is 5.69 Å². The molecule has 1 amide bonds. The first-order valence-electron chi connectivity index (χ1n) is 7.18. The van der Waals surface area contributed by atoms with E-state index in [4.69, 9.17) is 16.9 Å². The number of benzene rings is 2. The average Bonchev–Trinajstić information content (AvgIpc) is 2.58. The fourth-order valence-electron chi connectivity index (χ4n) is 1.94. The van der Waals surface area contributed by atoms with E-state index < -0.39 is 5.91 Å². The van der Waals surface area contributed by atoms with Gasteiger partial charge >= 0.3 is 0 Å². The fraction of sp³-hybridized carbons (Fsp3) is 0.111. The third-order valence-electron chi connectivity index (χ3n) is 3.26. The van der Waals surface area contributed by atoms with E-state index in [0.29, 0.717) is 10.7 Å². The molecule has 0 saturated carbocycles. The van der Waals surface area contributed by atoms with E-state index in [0.717, 1.165) is 11.1 Å². The fourth-order valence-corrected chi connectivity index (χ4v) is 2.07. The highest BCUT2D eigenvalue weighted by atomic mass is 35.5. The summed E-state index contributed by atoms with van der Waals surface area (Å²) in [5.41, 5.74) is 2.14. The number of aromatic hydroxyl groups is 1. The average molecular weight is 342 g/mol. The van der Waals surface area contributed by atoms with Crippen LogP contribution >= 0.6 is 11.6 Å². The number of phenols is 1. The van der Waals surface area contributed by atoms with E-state index in [1.165, 1.54) is 12.3 Å². The Bertz CT molecular complexity index is 808. The summed E-state index contributed by atoms with van der Waals surface area (Å²) in [5, 5.41) is 24.9. The van der Waals surface area contributed by atoms with Crippen LogP contribution in [0.1, 0.15) is 11.1 Å². The van der Waals surface area contributed by atoms with Crippen LogP contribution in [0.15, 0.2) is 54.2 Å². The highest BCUT2D eigenvalue weighted by Gasteiger charge is 2.09. The molecule has 0 atom stereocenters. The SMILES string of the molecule is Cc1ccc(O)c(N/C=C(/C#N)C(=O)NCc2ccc(Cl)cc2)c1. The first-order valence-corrected chi connectivity index (χ1v) is 7.56. The van der Waals surface area contributed by atoms with Crippen LogP contribution in [0.3, 0.4) is 0 Å². The van der Waals surface area contributed by atoms with Crippen molar-refractivity contribution in [3.05, 3.63) is 70.4 Å². The Labute approximate surface area is 145 Å². The van der Waals surface area contributed by atoms with Crippen LogP contribution in [-0.2, 0) is 11.3 Å². The number of hydrogen-bond acceptors (Lipinski definition) is 4. The molecule has 6 heteroatoms. The van der Waals surface area contributed by atoms with Gasteiger partial charge in [-0.1, -0.05) is 29.8 Å². The molecule has 0 aliphatic rings. The van der Waals surface area contributed by atoms with E-state index in [1.54, 1.807) is 36.4 Å². The number of amides is 1. The smallest absolute Gasteiger partial charge is 0.263 e. The molecule has 0 aliphatic heterocycles. The van der Waals surface area contributed by atoms with Crippen molar-refractivity contribution in [2.75, 3.05) is 5.32 Å². The van der Waals surface area contributed by atoms with E-state index in [9.17, 15) is 9.90 Å². The number of nitrogens with zero attached hydrogens (tertiary/aromatic N) is 1. The molecule has 0 aliphatic carbocycles. The zero-order valence-corrected chi connectivity index (χ0v) is 13.8. The number of hydrogen-bond donors (Lipinski definition) is 3. The number of phenolic OH excluding ortho intramolecular Hbond substituents is 1. The van der Waals surface area contributed by atoms with Gasteiger partial charge in [0.15, 0.2) is 0 Å². The normalized spacial score (nSPS) is 10.8. The first-order chi connectivity index (χ1) is 11.5. The summed E-state index contributed by atoms with van der Waals surface area (Å²) in [6, 6.07) is 13.9. The van der Waals surface area contributed by atoms with Gasteiger partial charge < -0.3 is 15.7 Å². The molecule has 24 heavy (non-hydrogen) atoms. The van der Waals surface area contributed by atoms with Crippen LogP contribution in [0.25, 0.3) is 0 Å². The van der Waals surface area contributed by atoms with Gasteiger partial charge in [-0.15, -0.1) is 0 Å². The Morgan fingerprint density at radius 1 is 1.29 bits per heavy atom. The van der Waals surface area contributed by atoms with E-state index in [1.807, 2.05) is 13.0 Å². The monoisotopic (exact) mass is 341 g/mol. The number of halogens is 1. The molecule has 5 nitrogen and oxygen atoms in total. The van der Waals surface area contributed by atoms with Crippen LogP contribution in [0.5, 0.6) is 5.75 Å². The van der Waals surface area contributed by atoms with Gasteiger partial charge in [-0.25, -0.2) is 0 Å². The Morgan fingerprint density at radius 3 is 2.67 bits per heavy atom. The summed E-state index contributed by atoms with van der Waals surface area (Å²) in [4.78, 5) is 12.1. The minimum absolute atomic E-state index is 0.0377. The molecule has 2 aromatic rings. The van der Waals surface area contributed by atoms with Gasteiger partial charge in [-0.3, -0.25) is 4.79 Å². The quantitative estimate of drug-likeness (QED) is 0.441. The summed E-state index contributed by atoms with van der Waals surface area (Å²) < 4.78 is 0. The standard InChI is InChI=1S/C18H16ClN3O2/c1-12-2-7-17(23)16(8-12)21-11-14(9-20)18(24)22-10-13-3-5-15(19)6-4-13/h2-8,11,21,23H,10H2,1H3,(H,22,24)/b14-11-. The second-order valence-corrected chi connectivity index (χ2v) is 5.58. The van der Waals surface area contributed by atoms with Crippen LogP contribution in [0.2, 0.25) is 5.02 Å². The molecule has 0 saturated heterocycles. The molecule has 2 aromatic carbocycles. The maximum absolute atomic E-state index is 12.1. The minimum Gasteiger partial charge on any atom is -0.506 e. The highest BCUT2D eigenvalue weighted by Crippen LogP contribution is 2.23. The number of rotatable bonds is 5. The predicted octanol–water partition coefficient (Wildman–Crippen LogP) is 3.49. The van der Waals surface area contributed by atoms with Gasteiger partial charge in [0, 0.05) is 17.8 Å². The number of nitriles is 1. The molecule has 0 aromatic heterocycles. The number of aryl methyl sites for hydroxylation is 1. The lowest BCUT2D eigenvalue weighted by Crippen LogP contribution is -2.24. The lowest BCUT2D eigenvalue weighted by Gasteiger charge is -2.07. The van der Waals surface area contributed by atoms with E-state index >= 15 is 0 Å². The Kier molecular flexibility index (Phi) is 5.83. The molecule has 2 rings (SSSR count). The Morgan fingerprint density at radius 2 is 2.00 bits per heavy atom. The van der Waals surface area contributed by atoms with Crippen molar-refractivity contribution < 1.29 is 9.90 Å². The lowest BCUT2D eigenvalue weighted by atomic mass is 10.2. The molecule has 0 bridgehead atoms. The second kappa shape index (κ2) is 8.04. The molecular formula is C18H16ClN3O2. The van der Waals surface area contributed by atoms with Crippen molar-refractivity contribution in [2.24, 2.45) is 0 Å². The van der Waals surface area contributed by atoms with Crippen molar-refractivity contribution in [3.63, 3.8) is 0 Å². The maximum Gasteiger partial charge on any atom is 0.263 e. The molecule has 0 spiro atoms. The van der Waals surface area contributed by atoms with Crippen molar-refractivity contribution in [1.82, 2.24) is 5.32 Å². The number of carbonyl (C=O) groups excluding carboxylic acids is 1. The van der Waals surface area contributed by atoms with Crippen molar-refractivity contribution in [1.29, 1.82) is 5.26 Å². The van der Waals surface area contributed by atoms with E-state index in [2.05, 4.69) is 10.6 Å². The summed E-state index contributed by atoms with van der Waals surface area (Å²) >= 11 is 5.80. The van der Waals surface area contributed by atoms with Crippen LogP contribution in [0.4, 0.5) is 5.69 Å². The number of carbonyl (C=O) groups is 1. The third kappa shape index (κ3) is 4.77. The summed E-state index contributed by atoms with van der Waals surface area (Å²) in [6.07, 6.45) is 1.27. The molecule has 3 N–H and O–H groups in total. The van der Waals surface area contributed by atoms with E-state index in [-0.39, 0.29) is 17.9 Å². The van der Waals surface area contributed by atoms with Crippen LogP contribution < -0.4 is 10.6 Å². The maximum atomic E-state index is 12.1. The topological polar surface area (TPSA) is 85.2 Å². The van der Waals surface area contributed by atoms with Gasteiger partial charge in [0.25, 0.3) is 5.91 Å². The van der Waals surface area contributed by atoms with Crippen molar-refractivity contribution in [3.8, 4) is 11.8 Å². The van der Waals surface area contributed by atoms with Crippen molar-refractivity contribution in [2.45, 2.75) is 13.5 Å². The molecule has 0 unspecified atom stereocenters. The van der Waals surface area contributed by atoms with Crippen LogP contribution in [-0.4, -0.2) is 11.0 Å². The van der Waals surface area contributed by atoms with Gasteiger partial charge in [-0.05, 0) is 42.3 Å². The minimum atomic E-state index is -0.507. The molecule has 122 valence electrons. The van der Waals surface area contributed by atoms with Crippen molar-refractivity contribution >= 4 is 23.2 Å². The zero-order valence-electron chi connectivity index (χ0n) is 13.0. The number of anilines is 1. The zero-order chi connectivity index (χ0) is 17.5. The molecule has 0 fully saturated rings. The Hall–Kier alpha value is -2.97. The second-order valence-electron chi connectivity index (χ2n) is 5.14. The van der Waals surface area contributed by atoms with Crippen LogP contribution in [0, 0.1) is 18.3 Å². The highest BCUT2D eigenvalue weighted by molar-refractivity contribution is 6.30. The van der Waals surface area contributed by atoms with Gasteiger partial charge in [0.1, 0.15) is 17.4 Å². The molecule has 0 radical (unpaired) electrons. The lowest BCUT2D eigenvalue weighted by molar-refractivity contribution is -0.117. The molecule has 0 heterocycles. The van der Waals surface area contributed by atoms with Gasteiger partial charge in [0.2, 0.25) is 0 Å².